The van der Waals surface area contributed by atoms with Crippen LogP contribution in [0.1, 0.15) is 16.7 Å². The summed E-state index contributed by atoms with van der Waals surface area (Å²) in [6, 6.07) is 6.71. The normalized spacial score (nSPS) is 10.6. The summed E-state index contributed by atoms with van der Waals surface area (Å²) in [7, 11) is 1.70. The molecular formula is C20H18FN3O3S. The van der Waals surface area contributed by atoms with Crippen LogP contribution in [0.2, 0.25) is 0 Å². The highest BCUT2D eigenvalue weighted by molar-refractivity contribution is 7.98. The number of ether oxygens (including phenoxy) is 1. The molecule has 28 heavy (non-hydrogen) atoms. The van der Waals surface area contributed by atoms with Crippen LogP contribution in [-0.4, -0.2) is 18.6 Å². The van der Waals surface area contributed by atoms with Crippen molar-refractivity contribution < 1.29 is 13.5 Å². The summed E-state index contributed by atoms with van der Waals surface area (Å²) in [5.41, 5.74) is 1.34. The van der Waals surface area contributed by atoms with Crippen molar-refractivity contribution in [2.75, 3.05) is 18.4 Å². The van der Waals surface area contributed by atoms with E-state index in [1.807, 2.05) is 6.92 Å². The molecule has 2 N–H and O–H groups in total. The Hall–Kier alpha value is -3.02. The molecule has 0 atom stereocenters. The summed E-state index contributed by atoms with van der Waals surface area (Å²) in [6.45, 7) is 1.93. The first-order valence-electron chi connectivity index (χ1n) is 8.39. The van der Waals surface area contributed by atoms with Gasteiger partial charge in [0.15, 0.2) is 11.6 Å². The smallest absolute Gasteiger partial charge is 0.340 e. The quantitative estimate of drug-likeness (QED) is 0.358. The summed E-state index contributed by atoms with van der Waals surface area (Å²) >= 11 is 1.10. The van der Waals surface area contributed by atoms with Crippen LogP contribution in [0.15, 0.2) is 39.7 Å². The summed E-state index contributed by atoms with van der Waals surface area (Å²) < 4.78 is 31.0. The maximum absolute atomic E-state index is 14.7. The average molecular weight is 399 g/mol. The zero-order valence-electron chi connectivity index (χ0n) is 15.3. The molecule has 0 amide bonds. The Balaban J connectivity index is 1.98. The van der Waals surface area contributed by atoms with Crippen LogP contribution >= 0.6 is 12.1 Å². The maximum atomic E-state index is 14.7. The first-order chi connectivity index (χ1) is 13.5. The van der Waals surface area contributed by atoms with Crippen molar-refractivity contribution in [3.63, 3.8) is 0 Å². The molecule has 2 aromatic heterocycles. The van der Waals surface area contributed by atoms with Gasteiger partial charge in [0.2, 0.25) is 0 Å². The minimum Gasteiger partial charge on any atom is -0.481 e. The minimum absolute atomic E-state index is 0.0900. The topological polar surface area (TPSA) is 76.4 Å². The van der Waals surface area contributed by atoms with Gasteiger partial charge in [-0.3, -0.25) is 4.72 Å². The van der Waals surface area contributed by atoms with Gasteiger partial charge in [0, 0.05) is 41.8 Å². The lowest BCUT2D eigenvalue weighted by Crippen LogP contribution is -2.12. The second kappa shape index (κ2) is 8.78. The lowest BCUT2D eigenvalue weighted by molar-refractivity contribution is 0.370. The standard InChI is InChI=1S/C20H18FN3O3S/c1-4-9-26-14-5-6-15-12(2)16(20(25)27-17(15)11-14)10-13-7-8-23-19(18(13)21)24-28-22-3/h1,5-8,11,22H,9-10H2,2-3H3,(H,23,24). The molecule has 0 saturated heterocycles. The molecule has 144 valence electrons. The number of nitrogens with zero attached hydrogens (tertiary/aromatic N) is 1. The first kappa shape index (κ1) is 19.7. The van der Waals surface area contributed by atoms with E-state index in [2.05, 4.69) is 20.3 Å². The SMILES string of the molecule is C#CCOc1ccc2c(C)c(Cc3ccnc(NSNC)c3F)c(=O)oc2c1. The zero-order chi connectivity index (χ0) is 20.1. The summed E-state index contributed by atoms with van der Waals surface area (Å²) in [5, 5.41) is 0.751. The van der Waals surface area contributed by atoms with Gasteiger partial charge in [-0.1, -0.05) is 5.92 Å². The van der Waals surface area contributed by atoms with Gasteiger partial charge in [0.05, 0.1) is 0 Å². The Morgan fingerprint density at radius 1 is 1.39 bits per heavy atom. The van der Waals surface area contributed by atoms with Crippen molar-refractivity contribution in [3.8, 4) is 18.1 Å². The largest absolute Gasteiger partial charge is 0.481 e. The Bertz CT molecular complexity index is 1110. The van der Waals surface area contributed by atoms with Gasteiger partial charge >= 0.3 is 5.63 Å². The Kier molecular flexibility index (Phi) is 6.19. The number of halogens is 1. The predicted molar refractivity (Wildman–Crippen MR) is 109 cm³/mol. The van der Waals surface area contributed by atoms with Gasteiger partial charge in [-0.15, -0.1) is 6.42 Å². The van der Waals surface area contributed by atoms with Crippen molar-refractivity contribution in [2.45, 2.75) is 13.3 Å². The fourth-order valence-electron chi connectivity index (χ4n) is 2.77. The zero-order valence-corrected chi connectivity index (χ0v) is 16.2. The molecule has 0 aliphatic heterocycles. The van der Waals surface area contributed by atoms with E-state index in [0.717, 1.165) is 23.1 Å². The summed E-state index contributed by atoms with van der Waals surface area (Å²) in [4.78, 5) is 16.5. The van der Waals surface area contributed by atoms with Crippen molar-refractivity contribution in [3.05, 3.63) is 63.4 Å². The van der Waals surface area contributed by atoms with Gasteiger partial charge in [-0.2, -0.15) is 0 Å². The van der Waals surface area contributed by atoms with E-state index >= 15 is 0 Å². The third-order valence-corrected chi connectivity index (χ3v) is 4.67. The predicted octanol–water partition coefficient (Wildman–Crippen LogP) is 3.43. The number of terminal acetylenes is 1. The highest BCUT2D eigenvalue weighted by atomic mass is 32.2. The van der Waals surface area contributed by atoms with E-state index in [9.17, 15) is 9.18 Å². The van der Waals surface area contributed by atoms with Crippen molar-refractivity contribution in [1.29, 1.82) is 0 Å². The van der Waals surface area contributed by atoms with Gasteiger partial charge in [0.25, 0.3) is 0 Å². The number of rotatable bonds is 7. The van der Waals surface area contributed by atoms with E-state index in [0.29, 0.717) is 22.5 Å². The van der Waals surface area contributed by atoms with E-state index in [1.165, 1.54) is 6.20 Å². The molecular weight excluding hydrogens is 381 g/mol. The molecule has 0 spiro atoms. The lowest BCUT2D eigenvalue weighted by Gasteiger charge is -2.11. The van der Waals surface area contributed by atoms with Crippen LogP contribution < -0.4 is 19.8 Å². The fourth-order valence-corrected chi connectivity index (χ4v) is 3.12. The molecule has 0 aliphatic rings. The highest BCUT2D eigenvalue weighted by Crippen LogP contribution is 2.26. The van der Waals surface area contributed by atoms with Gasteiger partial charge < -0.3 is 9.15 Å². The van der Waals surface area contributed by atoms with E-state index < -0.39 is 11.4 Å². The molecule has 0 fully saturated rings. The van der Waals surface area contributed by atoms with Crippen molar-refractivity contribution >= 4 is 28.9 Å². The molecule has 3 aromatic rings. The van der Waals surface area contributed by atoms with Crippen LogP contribution in [0.25, 0.3) is 11.0 Å². The average Bonchev–Trinajstić information content (AvgIpc) is 2.69. The van der Waals surface area contributed by atoms with Crippen LogP contribution in [0.4, 0.5) is 10.2 Å². The number of anilines is 1. The van der Waals surface area contributed by atoms with Crippen LogP contribution in [-0.2, 0) is 6.42 Å². The molecule has 8 heteroatoms. The van der Waals surface area contributed by atoms with Crippen molar-refractivity contribution in [2.24, 2.45) is 0 Å². The number of benzene rings is 1. The maximum Gasteiger partial charge on any atom is 0.340 e. The number of fused-ring (bicyclic) bond motifs is 1. The third kappa shape index (κ3) is 4.11. The fraction of sp³-hybridized carbons (Fsp3) is 0.200. The second-order valence-electron chi connectivity index (χ2n) is 5.86. The molecule has 3 rings (SSSR count). The molecule has 0 radical (unpaired) electrons. The highest BCUT2D eigenvalue weighted by Gasteiger charge is 2.16. The van der Waals surface area contributed by atoms with Gasteiger partial charge in [0.1, 0.15) is 17.9 Å². The van der Waals surface area contributed by atoms with E-state index in [1.54, 1.807) is 31.3 Å². The number of aromatic nitrogens is 1. The molecule has 1 aromatic carbocycles. The minimum atomic E-state index is -0.519. The third-order valence-electron chi connectivity index (χ3n) is 4.17. The van der Waals surface area contributed by atoms with Crippen LogP contribution in [0.5, 0.6) is 5.75 Å². The second-order valence-corrected chi connectivity index (χ2v) is 6.68. The number of nitrogens with one attached hydrogen (secondary N) is 2. The molecule has 0 unspecified atom stereocenters. The van der Waals surface area contributed by atoms with Crippen molar-refractivity contribution in [1.82, 2.24) is 9.71 Å². The monoisotopic (exact) mass is 399 g/mol. The Labute approximate surface area is 165 Å². The first-order valence-corrected chi connectivity index (χ1v) is 9.21. The Morgan fingerprint density at radius 2 is 2.21 bits per heavy atom. The number of aryl methyl sites for hydroxylation is 1. The Morgan fingerprint density at radius 3 is 2.96 bits per heavy atom. The molecule has 0 bridgehead atoms. The number of hydrogen-bond donors (Lipinski definition) is 2. The molecule has 2 heterocycles. The van der Waals surface area contributed by atoms with Crippen LogP contribution in [0.3, 0.4) is 0 Å². The lowest BCUT2D eigenvalue weighted by atomic mass is 10.00. The van der Waals surface area contributed by atoms with Gasteiger partial charge in [-0.05, 0) is 43.3 Å². The molecule has 0 aliphatic carbocycles. The van der Waals surface area contributed by atoms with Crippen LogP contribution in [0, 0.1) is 25.1 Å². The summed E-state index contributed by atoms with van der Waals surface area (Å²) in [6.07, 6.45) is 6.77. The molecule has 0 saturated carbocycles. The van der Waals surface area contributed by atoms with E-state index in [-0.39, 0.29) is 18.8 Å². The summed E-state index contributed by atoms with van der Waals surface area (Å²) in [5.74, 6) is 2.47. The number of hydrogen-bond acceptors (Lipinski definition) is 7. The molecule has 6 nitrogen and oxygen atoms in total. The van der Waals surface area contributed by atoms with Gasteiger partial charge in [-0.25, -0.2) is 18.9 Å². The van der Waals surface area contributed by atoms with E-state index in [4.69, 9.17) is 15.6 Å². The number of pyridine rings is 1.